The summed E-state index contributed by atoms with van der Waals surface area (Å²) in [6, 6.07) is 4.88. The van der Waals surface area contributed by atoms with Crippen LogP contribution >= 0.6 is 0 Å². The Bertz CT molecular complexity index is 866. The second kappa shape index (κ2) is 5.49. The maximum absolute atomic E-state index is 12.4. The summed E-state index contributed by atoms with van der Waals surface area (Å²) in [5.74, 6) is -0.544. The maximum atomic E-state index is 12.4. The molecular weight excluding hydrogens is 312 g/mol. The van der Waals surface area contributed by atoms with Crippen LogP contribution in [0.15, 0.2) is 18.2 Å². The van der Waals surface area contributed by atoms with E-state index in [-0.39, 0.29) is 41.1 Å². The second-order valence-corrected chi connectivity index (χ2v) is 6.35. The molecule has 126 valence electrons. The smallest absolute Gasteiger partial charge is 0.308 e. The molecule has 0 saturated heterocycles. The van der Waals surface area contributed by atoms with E-state index in [2.05, 4.69) is 0 Å². The van der Waals surface area contributed by atoms with Gasteiger partial charge < -0.3 is 19.7 Å². The van der Waals surface area contributed by atoms with E-state index < -0.39 is 11.6 Å². The Balaban J connectivity index is 2.33. The average molecular weight is 330 g/mol. The van der Waals surface area contributed by atoms with Crippen molar-refractivity contribution in [1.82, 2.24) is 0 Å². The Morgan fingerprint density at radius 1 is 1.25 bits per heavy atom. The number of hydrogen-bond donors (Lipinski definition) is 2. The quantitative estimate of drug-likeness (QED) is 0.648. The van der Waals surface area contributed by atoms with Gasteiger partial charge >= 0.3 is 5.97 Å². The van der Waals surface area contributed by atoms with E-state index in [0.717, 1.165) is 0 Å². The van der Waals surface area contributed by atoms with Gasteiger partial charge in [0.05, 0.1) is 23.7 Å². The lowest BCUT2D eigenvalue weighted by molar-refractivity contribution is -0.131. The minimum absolute atomic E-state index is 0.0713. The molecule has 0 fully saturated rings. The SMILES string of the molecule is COc1cc(OC(C)=O)c2c(O)c3c(cc2c1)C[C@](C)(O)CC3=O. The minimum Gasteiger partial charge on any atom is -0.506 e. The lowest BCUT2D eigenvalue weighted by Crippen LogP contribution is -2.35. The fraction of sp³-hybridized carbons (Fsp3) is 0.333. The minimum atomic E-state index is -1.15. The van der Waals surface area contributed by atoms with Crippen LogP contribution in [0.5, 0.6) is 17.2 Å². The van der Waals surface area contributed by atoms with Gasteiger partial charge in [-0.25, -0.2) is 0 Å². The van der Waals surface area contributed by atoms with Crippen molar-refractivity contribution in [3.63, 3.8) is 0 Å². The van der Waals surface area contributed by atoms with Gasteiger partial charge in [0.2, 0.25) is 0 Å². The van der Waals surface area contributed by atoms with Crippen LogP contribution in [0.25, 0.3) is 10.8 Å². The third-order valence-electron chi connectivity index (χ3n) is 4.11. The maximum Gasteiger partial charge on any atom is 0.308 e. The molecule has 0 amide bonds. The number of benzene rings is 2. The molecule has 0 aliphatic heterocycles. The molecule has 2 aromatic carbocycles. The van der Waals surface area contributed by atoms with E-state index in [1.807, 2.05) is 0 Å². The first-order valence-corrected chi connectivity index (χ1v) is 7.52. The van der Waals surface area contributed by atoms with Crippen molar-refractivity contribution in [2.24, 2.45) is 0 Å². The summed E-state index contributed by atoms with van der Waals surface area (Å²) in [7, 11) is 1.48. The highest BCUT2D eigenvalue weighted by Crippen LogP contribution is 2.44. The van der Waals surface area contributed by atoms with Crippen molar-refractivity contribution >= 4 is 22.5 Å². The van der Waals surface area contributed by atoms with Crippen molar-refractivity contribution in [2.75, 3.05) is 7.11 Å². The predicted molar refractivity (Wildman–Crippen MR) is 86.7 cm³/mol. The van der Waals surface area contributed by atoms with Crippen molar-refractivity contribution in [1.29, 1.82) is 0 Å². The molecule has 0 unspecified atom stereocenters. The molecule has 3 rings (SSSR count). The zero-order valence-corrected chi connectivity index (χ0v) is 13.7. The summed E-state index contributed by atoms with van der Waals surface area (Å²) in [6.45, 7) is 2.84. The molecule has 2 N–H and O–H groups in total. The number of hydrogen-bond acceptors (Lipinski definition) is 6. The van der Waals surface area contributed by atoms with Crippen LogP contribution in [0.4, 0.5) is 0 Å². The van der Waals surface area contributed by atoms with Crippen LogP contribution in [-0.2, 0) is 11.2 Å². The van der Waals surface area contributed by atoms with Gasteiger partial charge in [-0.3, -0.25) is 9.59 Å². The van der Waals surface area contributed by atoms with Crippen LogP contribution in [0.1, 0.15) is 36.2 Å². The predicted octanol–water partition coefficient (Wildman–Crippen LogP) is 2.36. The standard InChI is InChI=1S/C18H18O6/c1-9(19)24-14-6-12(23-3)5-10-4-11-7-18(2,22)8-13(20)15(11)17(21)16(10)14/h4-6,21-22H,7-8H2,1-3H3/t18-/m0/s1. The molecule has 0 saturated carbocycles. The van der Waals surface area contributed by atoms with Crippen molar-refractivity contribution in [2.45, 2.75) is 32.3 Å². The van der Waals surface area contributed by atoms with Crippen LogP contribution in [-0.4, -0.2) is 34.7 Å². The van der Waals surface area contributed by atoms with Crippen molar-refractivity contribution in [3.05, 3.63) is 29.3 Å². The fourth-order valence-electron chi connectivity index (χ4n) is 3.23. The normalized spacial score (nSPS) is 19.9. The Labute approximate surface area is 138 Å². The Hall–Kier alpha value is -2.60. The molecular formula is C18H18O6. The lowest BCUT2D eigenvalue weighted by atomic mass is 9.79. The number of Topliss-reactive ketones (excluding diaryl/α,β-unsaturated/α-hetero) is 1. The summed E-state index contributed by atoms with van der Waals surface area (Å²) < 4.78 is 10.4. The second-order valence-electron chi connectivity index (χ2n) is 6.35. The Morgan fingerprint density at radius 3 is 2.58 bits per heavy atom. The van der Waals surface area contributed by atoms with E-state index >= 15 is 0 Å². The van der Waals surface area contributed by atoms with Gasteiger partial charge in [-0.1, -0.05) is 0 Å². The largest absolute Gasteiger partial charge is 0.506 e. The molecule has 0 heterocycles. The first kappa shape index (κ1) is 16.3. The van der Waals surface area contributed by atoms with Crippen molar-refractivity contribution < 1.29 is 29.3 Å². The van der Waals surface area contributed by atoms with E-state index in [1.54, 1.807) is 19.1 Å². The van der Waals surface area contributed by atoms with E-state index in [9.17, 15) is 19.8 Å². The number of methoxy groups -OCH3 is 1. The molecule has 6 nitrogen and oxygen atoms in total. The first-order valence-electron chi connectivity index (χ1n) is 7.52. The average Bonchev–Trinajstić information content (AvgIpc) is 2.43. The Morgan fingerprint density at radius 2 is 1.96 bits per heavy atom. The van der Waals surface area contributed by atoms with E-state index in [1.165, 1.54) is 20.1 Å². The Kier molecular flexibility index (Phi) is 3.72. The van der Waals surface area contributed by atoms with E-state index in [0.29, 0.717) is 16.7 Å². The number of ketones is 1. The summed E-state index contributed by atoms with van der Waals surface area (Å²) in [5.41, 5.74) is -0.419. The molecule has 0 spiro atoms. The number of fused-ring (bicyclic) bond motifs is 2. The number of rotatable bonds is 2. The van der Waals surface area contributed by atoms with Gasteiger partial charge in [0.25, 0.3) is 0 Å². The summed E-state index contributed by atoms with van der Waals surface area (Å²) in [6.07, 6.45) is 0.176. The fourth-order valence-corrected chi connectivity index (χ4v) is 3.23. The monoisotopic (exact) mass is 330 g/mol. The van der Waals surface area contributed by atoms with Gasteiger partial charge in [-0.15, -0.1) is 0 Å². The molecule has 1 aliphatic carbocycles. The number of phenols is 1. The van der Waals surface area contributed by atoms with Gasteiger partial charge in [0.15, 0.2) is 5.78 Å². The van der Waals surface area contributed by atoms with Crippen molar-refractivity contribution in [3.8, 4) is 17.2 Å². The highest BCUT2D eigenvalue weighted by Gasteiger charge is 2.35. The number of aromatic hydroxyl groups is 1. The molecule has 6 heteroatoms. The molecule has 1 aliphatic rings. The molecule has 24 heavy (non-hydrogen) atoms. The number of phenolic OH excluding ortho intramolecular Hbond substituents is 1. The number of carbonyl (C=O) groups is 2. The number of carbonyl (C=O) groups excluding carboxylic acids is 2. The van der Waals surface area contributed by atoms with Crippen LogP contribution in [0.3, 0.4) is 0 Å². The molecule has 1 atom stereocenters. The van der Waals surface area contributed by atoms with Gasteiger partial charge in [0, 0.05) is 25.8 Å². The topological polar surface area (TPSA) is 93.1 Å². The zero-order chi connectivity index (χ0) is 17.6. The summed E-state index contributed by atoms with van der Waals surface area (Å²) in [4.78, 5) is 23.7. The third kappa shape index (κ3) is 2.69. The van der Waals surface area contributed by atoms with Crippen LogP contribution in [0, 0.1) is 0 Å². The highest BCUT2D eigenvalue weighted by molar-refractivity contribution is 6.09. The first-order chi connectivity index (χ1) is 11.2. The zero-order valence-electron chi connectivity index (χ0n) is 13.7. The molecule has 2 aromatic rings. The van der Waals surface area contributed by atoms with Gasteiger partial charge in [0.1, 0.15) is 17.2 Å². The highest BCUT2D eigenvalue weighted by atomic mass is 16.5. The van der Waals surface area contributed by atoms with Crippen LogP contribution in [0.2, 0.25) is 0 Å². The van der Waals surface area contributed by atoms with Gasteiger partial charge in [-0.2, -0.15) is 0 Å². The van der Waals surface area contributed by atoms with Gasteiger partial charge in [-0.05, 0) is 30.0 Å². The molecule has 0 radical (unpaired) electrons. The number of esters is 1. The van der Waals surface area contributed by atoms with Crippen LogP contribution < -0.4 is 9.47 Å². The number of ether oxygens (including phenoxy) is 2. The van der Waals surface area contributed by atoms with E-state index in [4.69, 9.17) is 9.47 Å². The summed E-state index contributed by atoms with van der Waals surface area (Å²) >= 11 is 0. The third-order valence-corrected chi connectivity index (χ3v) is 4.11. The summed E-state index contributed by atoms with van der Waals surface area (Å²) in [5, 5.41) is 21.7. The molecule has 0 bridgehead atoms. The number of aliphatic hydroxyl groups is 1. The lowest BCUT2D eigenvalue weighted by Gasteiger charge is -2.30. The molecule has 0 aromatic heterocycles.